The van der Waals surface area contributed by atoms with Crippen LogP contribution in [0.4, 0.5) is 4.79 Å². The second-order valence-corrected chi connectivity index (χ2v) is 7.34. The van der Waals surface area contributed by atoms with E-state index in [9.17, 15) is 9.90 Å². The normalized spacial score (nSPS) is 19.0. The molecule has 1 fully saturated rings. The van der Waals surface area contributed by atoms with Crippen molar-refractivity contribution in [3.8, 4) is 11.5 Å². The number of rotatable bonds is 10. The fourth-order valence-electron chi connectivity index (χ4n) is 3.65. The number of piperidine rings is 1. The molecule has 1 saturated heterocycles. The van der Waals surface area contributed by atoms with Gasteiger partial charge < -0.3 is 29.3 Å². The van der Waals surface area contributed by atoms with Crippen molar-refractivity contribution in [1.29, 1.82) is 0 Å². The monoisotopic (exact) mass is 431 g/mol. The van der Waals surface area contributed by atoms with Gasteiger partial charge in [0.2, 0.25) is 0 Å². The Balaban J connectivity index is 1.36. The second-order valence-electron chi connectivity index (χ2n) is 7.34. The van der Waals surface area contributed by atoms with Crippen LogP contribution in [0.1, 0.15) is 29.9 Å². The summed E-state index contributed by atoms with van der Waals surface area (Å²) >= 11 is 0. The largest absolute Gasteiger partial charge is 0.525 e. The molecule has 2 aromatic carbocycles. The van der Waals surface area contributed by atoms with E-state index in [0.29, 0.717) is 32.8 Å². The maximum atomic E-state index is 10.6. The summed E-state index contributed by atoms with van der Waals surface area (Å²) in [6.45, 7) is 2.22. The third-order valence-corrected chi connectivity index (χ3v) is 5.21. The van der Waals surface area contributed by atoms with Crippen LogP contribution in [0.15, 0.2) is 48.5 Å². The number of hydroxylamine groups is 2. The molecule has 0 spiro atoms. The number of carbonyl (C=O) groups is 1. The lowest BCUT2D eigenvalue weighted by molar-refractivity contribution is -0.154. The van der Waals surface area contributed by atoms with Gasteiger partial charge in [0.1, 0.15) is 11.5 Å². The molecule has 1 aliphatic heterocycles. The zero-order chi connectivity index (χ0) is 22.1. The van der Waals surface area contributed by atoms with E-state index in [2.05, 4.69) is 4.84 Å². The Bertz CT molecular complexity index is 827. The van der Waals surface area contributed by atoms with Crippen molar-refractivity contribution >= 4 is 6.16 Å². The van der Waals surface area contributed by atoms with Crippen LogP contribution in [-0.2, 0) is 16.2 Å². The summed E-state index contributed by atoms with van der Waals surface area (Å²) < 4.78 is 16.8. The fourth-order valence-corrected chi connectivity index (χ4v) is 3.65. The number of ether oxygens (including phenoxy) is 3. The lowest BCUT2D eigenvalue weighted by Gasteiger charge is -2.34. The summed E-state index contributed by atoms with van der Waals surface area (Å²) in [6, 6.07) is 15.4. The van der Waals surface area contributed by atoms with E-state index in [-0.39, 0.29) is 12.5 Å². The average molecular weight is 431 g/mol. The molecule has 0 aromatic heterocycles. The maximum absolute atomic E-state index is 10.6. The van der Waals surface area contributed by atoms with E-state index in [1.165, 1.54) is 5.06 Å². The zero-order valence-corrected chi connectivity index (χ0v) is 17.6. The van der Waals surface area contributed by atoms with Gasteiger partial charge in [-0.3, -0.25) is 0 Å². The van der Waals surface area contributed by atoms with Crippen LogP contribution in [0, 0.1) is 0 Å². The third-order valence-electron chi connectivity index (χ3n) is 5.21. The van der Waals surface area contributed by atoms with Gasteiger partial charge >= 0.3 is 6.16 Å². The molecule has 8 nitrogen and oxygen atoms in total. The summed E-state index contributed by atoms with van der Waals surface area (Å²) in [5.74, 6) is 1.52. The summed E-state index contributed by atoms with van der Waals surface area (Å²) in [5.41, 5.74) is 2.01. The molecule has 0 aliphatic carbocycles. The van der Waals surface area contributed by atoms with Gasteiger partial charge in [0, 0.05) is 24.4 Å². The maximum Gasteiger partial charge on any atom is 0.525 e. The van der Waals surface area contributed by atoms with Crippen molar-refractivity contribution in [2.24, 2.45) is 0 Å². The minimum Gasteiger partial charge on any atom is -0.496 e. The molecule has 2 unspecified atom stereocenters. The number of nitrogens with zero attached hydrogens (tertiary/aromatic N) is 1. The van der Waals surface area contributed by atoms with Crippen LogP contribution in [0.5, 0.6) is 11.5 Å². The number of methoxy groups -OCH3 is 1. The Kier molecular flexibility index (Phi) is 8.52. The van der Waals surface area contributed by atoms with Gasteiger partial charge in [-0.2, -0.15) is 0 Å². The number of para-hydroxylation sites is 1. The Hall–Kier alpha value is -2.81. The minimum absolute atomic E-state index is 0.0638. The van der Waals surface area contributed by atoms with E-state index >= 15 is 0 Å². The topological polar surface area (TPSA) is 97.7 Å². The zero-order valence-electron chi connectivity index (χ0n) is 17.6. The van der Waals surface area contributed by atoms with E-state index in [1.54, 1.807) is 7.11 Å². The van der Waals surface area contributed by atoms with Crippen LogP contribution in [0.3, 0.4) is 0 Å². The van der Waals surface area contributed by atoms with Crippen molar-refractivity contribution in [3.05, 3.63) is 59.7 Å². The lowest BCUT2D eigenvalue weighted by Crippen LogP contribution is -2.43. The Morgan fingerprint density at radius 3 is 2.61 bits per heavy atom. The summed E-state index contributed by atoms with van der Waals surface area (Å²) in [6.07, 6.45) is -0.687. The van der Waals surface area contributed by atoms with Crippen LogP contribution in [0.25, 0.3) is 0 Å². The van der Waals surface area contributed by atoms with Gasteiger partial charge in [-0.1, -0.05) is 30.3 Å². The van der Waals surface area contributed by atoms with Crippen molar-refractivity contribution < 1.29 is 34.1 Å². The van der Waals surface area contributed by atoms with Crippen molar-refractivity contribution in [1.82, 2.24) is 5.06 Å². The van der Waals surface area contributed by atoms with Crippen LogP contribution in [-0.4, -0.2) is 60.9 Å². The first-order valence-corrected chi connectivity index (χ1v) is 10.3. The first-order valence-electron chi connectivity index (χ1n) is 10.3. The SMILES string of the molecule is COc1ccccc1COCCCOc1ccc(C2CCN(OC(=O)O)CC2O)cc1. The number of hydrogen-bond acceptors (Lipinski definition) is 7. The third kappa shape index (κ3) is 6.85. The molecule has 0 saturated carbocycles. The first kappa shape index (κ1) is 22.9. The number of aliphatic hydroxyl groups excluding tert-OH is 1. The standard InChI is InChI=1S/C23H29NO7/c1-28-22-6-3-2-5-18(22)16-29-13-4-14-30-19-9-7-17(8-10-19)20-11-12-24(15-21(20)25)31-23(26)27/h2-3,5-10,20-21,25H,4,11-16H2,1H3,(H,26,27). The quantitative estimate of drug-likeness (QED) is 0.552. The van der Waals surface area contributed by atoms with Gasteiger partial charge in [-0.15, -0.1) is 5.06 Å². The lowest BCUT2D eigenvalue weighted by atomic mass is 9.88. The van der Waals surface area contributed by atoms with Gasteiger partial charge in [-0.25, -0.2) is 4.79 Å². The molecular weight excluding hydrogens is 402 g/mol. The predicted octanol–water partition coefficient (Wildman–Crippen LogP) is 3.44. The number of carboxylic acid groups (broad SMARTS) is 1. The number of aliphatic hydroxyl groups is 1. The number of benzene rings is 2. The highest BCUT2D eigenvalue weighted by Crippen LogP contribution is 2.30. The second kappa shape index (κ2) is 11.5. The fraction of sp³-hybridized carbons (Fsp3) is 0.435. The Morgan fingerprint density at radius 2 is 1.90 bits per heavy atom. The van der Waals surface area contributed by atoms with Gasteiger partial charge in [0.15, 0.2) is 0 Å². The molecule has 1 aliphatic rings. The molecule has 8 heteroatoms. The van der Waals surface area contributed by atoms with Crippen molar-refractivity contribution in [2.75, 3.05) is 33.4 Å². The number of hydrogen-bond donors (Lipinski definition) is 2. The highest BCUT2D eigenvalue weighted by atomic mass is 16.8. The minimum atomic E-state index is -1.36. The van der Waals surface area contributed by atoms with E-state index in [0.717, 1.165) is 29.0 Å². The molecular formula is C23H29NO7. The first-order chi connectivity index (χ1) is 15.1. The molecule has 31 heavy (non-hydrogen) atoms. The summed E-state index contributed by atoms with van der Waals surface area (Å²) in [5, 5.41) is 20.3. The van der Waals surface area contributed by atoms with Crippen LogP contribution >= 0.6 is 0 Å². The molecule has 168 valence electrons. The van der Waals surface area contributed by atoms with E-state index < -0.39 is 12.3 Å². The molecule has 0 bridgehead atoms. The molecule has 3 rings (SSSR count). The average Bonchev–Trinajstić information content (AvgIpc) is 2.76. The smallest absolute Gasteiger partial charge is 0.496 e. The van der Waals surface area contributed by atoms with E-state index in [4.69, 9.17) is 19.3 Å². The highest BCUT2D eigenvalue weighted by molar-refractivity contribution is 5.56. The molecule has 0 amide bonds. The van der Waals surface area contributed by atoms with E-state index in [1.807, 2.05) is 48.5 Å². The summed E-state index contributed by atoms with van der Waals surface area (Å²) in [4.78, 5) is 15.3. The van der Waals surface area contributed by atoms with Crippen molar-refractivity contribution in [3.63, 3.8) is 0 Å². The van der Waals surface area contributed by atoms with Crippen LogP contribution in [0.2, 0.25) is 0 Å². The number of β-amino-alcohol motifs (C(OH)–C–C–N with tert-alkyl or cyclic N) is 1. The molecule has 2 aromatic rings. The van der Waals surface area contributed by atoms with Gasteiger partial charge in [0.05, 0.1) is 39.6 Å². The van der Waals surface area contributed by atoms with Gasteiger partial charge in [0.25, 0.3) is 0 Å². The van der Waals surface area contributed by atoms with Crippen molar-refractivity contribution in [2.45, 2.75) is 31.5 Å². The molecule has 1 heterocycles. The van der Waals surface area contributed by atoms with Crippen LogP contribution < -0.4 is 9.47 Å². The molecule has 2 atom stereocenters. The molecule has 0 radical (unpaired) electrons. The predicted molar refractivity (Wildman–Crippen MR) is 113 cm³/mol. The molecule has 2 N–H and O–H groups in total. The summed E-state index contributed by atoms with van der Waals surface area (Å²) in [7, 11) is 1.65. The Morgan fingerprint density at radius 1 is 1.13 bits per heavy atom. The van der Waals surface area contributed by atoms with Gasteiger partial charge in [-0.05, 0) is 30.2 Å². The Labute approximate surface area is 181 Å². The highest BCUT2D eigenvalue weighted by Gasteiger charge is 2.30.